The Morgan fingerprint density at radius 2 is 1.96 bits per heavy atom. The van der Waals surface area contributed by atoms with Crippen LogP contribution in [-0.2, 0) is 5.54 Å². The molecule has 0 aliphatic carbocycles. The molecular formula is C18H16BrN3O3. The van der Waals surface area contributed by atoms with Crippen molar-refractivity contribution in [3.05, 3.63) is 70.1 Å². The van der Waals surface area contributed by atoms with Gasteiger partial charge in [0.05, 0.1) is 17.0 Å². The molecule has 7 heteroatoms. The molecule has 1 amide bonds. The van der Waals surface area contributed by atoms with Crippen molar-refractivity contribution in [1.29, 1.82) is 0 Å². The average molecular weight is 402 g/mol. The molecule has 25 heavy (non-hydrogen) atoms. The Morgan fingerprint density at radius 3 is 2.56 bits per heavy atom. The van der Waals surface area contributed by atoms with Crippen molar-refractivity contribution in [2.75, 3.05) is 0 Å². The van der Waals surface area contributed by atoms with E-state index in [0.717, 1.165) is 10.0 Å². The summed E-state index contributed by atoms with van der Waals surface area (Å²) in [5.41, 5.74) is 1.48. The molecule has 0 saturated carbocycles. The van der Waals surface area contributed by atoms with Crippen LogP contribution in [0.25, 0.3) is 11.3 Å². The van der Waals surface area contributed by atoms with Crippen LogP contribution in [0.2, 0.25) is 0 Å². The van der Waals surface area contributed by atoms with E-state index in [1.54, 1.807) is 32.2 Å². The van der Waals surface area contributed by atoms with Gasteiger partial charge in [0.25, 0.3) is 0 Å². The quantitative estimate of drug-likeness (QED) is 0.678. The number of nitrogens with zero attached hydrogens (tertiary/aromatic N) is 2. The molecule has 0 aliphatic heterocycles. The van der Waals surface area contributed by atoms with Crippen LogP contribution in [0.5, 0.6) is 0 Å². The van der Waals surface area contributed by atoms with Crippen molar-refractivity contribution in [2.24, 2.45) is 0 Å². The minimum absolute atomic E-state index is 0.506. The summed E-state index contributed by atoms with van der Waals surface area (Å²) in [6, 6.07) is 12.9. The van der Waals surface area contributed by atoms with Crippen molar-refractivity contribution < 1.29 is 14.4 Å². The van der Waals surface area contributed by atoms with Gasteiger partial charge >= 0.3 is 6.09 Å². The van der Waals surface area contributed by atoms with Gasteiger partial charge in [-0.15, -0.1) is 0 Å². The first kappa shape index (κ1) is 17.2. The van der Waals surface area contributed by atoms with Crippen LogP contribution in [-0.4, -0.2) is 21.3 Å². The standard InChI is InChI=1S/C18H16BrN3O3/c1-11-15(16(25-22-11)12-6-8-13(19)9-7-12)18(2,21-17(23)24)14-5-3-4-10-20-14/h3-10,21H,1-2H3,(H,23,24). The lowest BCUT2D eigenvalue weighted by atomic mass is 9.85. The van der Waals surface area contributed by atoms with Gasteiger partial charge in [0.15, 0.2) is 5.76 Å². The highest BCUT2D eigenvalue weighted by Gasteiger charge is 2.39. The molecule has 3 rings (SSSR count). The van der Waals surface area contributed by atoms with Crippen LogP contribution in [0, 0.1) is 6.92 Å². The summed E-state index contributed by atoms with van der Waals surface area (Å²) in [5, 5.41) is 16.1. The molecule has 1 aromatic carbocycles. The SMILES string of the molecule is Cc1noc(-c2ccc(Br)cc2)c1C(C)(NC(=O)O)c1ccccn1. The zero-order chi connectivity index (χ0) is 18.0. The lowest BCUT2D eigenvalue weighted by molar-refractivity contribution is 0.184. The highest BCUT2D eigenvalue weighted by Crippen LogP contribution is 2.38. The summed E-state index contributed by atoms with van der Waals surface area (Å²) < 4.78 is 6.48. The van der Waals surface area contributed by atoms with E-state index < -0.39 is 11.6 Å². The molecule has 1 atom stereocenters. The van der Waals surface area contributed by atoms with E-state index in [2.05, 4.69) is 31.4 Å². The summed E-state index contributed by atoms with van der Waals surface area (Å²) in [6.45, 7) is 3.54. The van der Waals surface area contributed by atoms with Crippen LogP contribution in [0.3, 0.4) is 0 Å². The third kappa shape index (κ3) is 3.28. The molecule has 0 radical (unpaired) electrons. The topological polar surface area (TPSA) is 88.2 Å². The molecule has 0 bridgehead atoms. The van der Waals surface area contributed by atoms with Crippen molar-refractivity contribution in [3.8, 4) is 11.3 Å². The summed E-state index contributed by atoms with van der Waals surface area (Å²) >= 11 is 3.40. The molecule has 6 nitrogen and oxygen atoms in total. The predicted octanol–water partition coefficient (Wildman–Crippen LogP) is 4.34. The Morgan fingerprint density at radius 1 is 1.24 bits per heavy atom. The lowest BCUT2D eigenvalue weighted by Gasteiger charge is -2.29. The van der Waals surface area contributed by atoms with E-state index in [4.69, 9.17) is 4.52 Å². The van der Waals surface area contributed by atoms with Crippen LogP contribution in [0.15, 0.2) is 57.7 Å². The summed E-state index contributed by atoms with van der Waals surface area (Å²) in [5.74, 6) is 0.506. The number of aryl methyl sites for hydroxylation is 1. The molecule has 1 unspecified atom stereocenters. The molecule has 3 aromatic rings. The van der Waals surface area contributed by atoms with Crippen LogP contribution in [0.4, 0.5) is 4.79 Å². The van der Waals surface area contributed by atoms with E-state index in [9.17, 15) is 9.90 Å². The number of halogens is 1. The van der Waals surface area contributed by atoms with E-state index in [0.29, 0.717) is 22.7 Å². The van der Waals surface area contributed by atoms with Gasteiger partial charge < -0.3 is 14.9 Å². The summed E-state index contributed by atoms with van der Waals surface area (Å²) in [4.78, 5) is 15.8. The number of pyridine rings is 1. The van der Waals surface area contributed by atoms with Gasteiger partial charge in [-0.2, -0.15) is 0 Å². The van der Waals surface area contributed by atoms with Gasteiger partial charge in [-0.3, -0.25) is 4.98 Å². The Kier molecular flexibility index (Phi) is 4.59. The zero-order valence-corrected chi connectivity index (χ0v) is 15.2. The summed E-state index contributed by atoms with van der Waals surface area (Å²) in [7, 11) is 0. The first-order valence-electron chi connectivity index (χ1n) is 7.57. The highest BCUT2D eigenvalue weighted by molar-refractivity contribution is 9.10. The number of carboxylic acid groups (broad SMARTS) is 1. The van der Waals surface area contributed by atoms with Gasteiger partial charge in [-0.25, -0.2) is 4.79 Å². The number of aromatic nitrogens is 2. The number of rotatable bonds is 4. The normalized spacial score (nSPS) is 13.2. The Labute approximate surface area is 153 Å². The van der Waals surface area contributed by atoms with Gasteiger partial charge in [0.1, 0.15) is 5.54 Å². The number of nitrogens with one attached hydrogen (secondary N) is 1. The summed E-state index contributed by atoms with van der Waals surface area (Å²) in [6.07, 6.45) is 0.467. The van der Waals surface area contributed by atoms with Crippen LogP contribution >= 0.6 is 15.9 Å². The lowest BCUT2D eigenvalue weighted by Crippen LogP contribution is -2.45. The van der Waals surface area contributed by atoms with Crippen molar-refractivity contribution >= 4 is 22.0 Å². The molecule has 0 saturated heterocycles. The third-order valence-electron chi connectivity index (χ3n) is 4.00. The third-order valence-corrected chi connectivity index (χ3v) is 4.53. The number of hydrogen-bond donors (Lipinski definition) is 2. The minimum Gasteiger partial charge on any atom is -0.465 e. The highest BCUT2D eigenvalue weighted by atomic mass is 79.9. The minimum atomic E-state index is -1.16. The second kappa shape index (κ2) is 6.68. The molecule has 2 heterocycles. The second-order valence-electron chi connectivity index (χ2n) is 5.75. The fraction of sp³-hybridized carbons (Fsp3) is 0.167. The van der Waals surface area contributed by atoms with Crippen molar-refractivity contribution in [2.45, 2.75) is 19.4 Å². The Hall–Kier alpha value is -2.67. The maximum Gasteiger partial charge on any atom is 0.405 e. The van der Waals surface area contributed by atoms with Crippen molar-refractivity contribution in [3.63, 3.8) is 0 Å². The van der Waals surface area contributed by atoms with Gasteiger partial charge in [-0.1, -0.05) is 39.3 Å². The molecular weight excluding hydrogens is 386 g/mol. The monoisotopic (exact) mass is 401 g/mol. The van der Waals surface area contributed by atoms with Gasteiger partial charge in [0, 0.05) is 16.2 Å². The Bertz CT molecular complexity index is 894. The van der Waals surface area contributed by atoms with E-state index >= 15 is 0 Å². The predicted molar refractivity (Wildman–Crippen MR) is 96.2 cm³/mol. The van der Waals surface area contributed by atoms with Gasteiger partial charge in [-0.05, 0) is 38.1 Å². The fourth-order valence-corrected chi connectivity index (χ4v) is 3.15. The van der Waals surface area contributed by atoms with Crippen LogP contribution < -0.4 is 5.32 Å². The van der Waals surface area contributed by atoms with Gasteiger partial charge in [0.2, 0.25) is 0 Å². The maximum absolute atomic E-state index is 11.5. The smallest absolute Gasteiger partial charge is 0.405 e. The molecule has 0 aliphatic rings. The maximum atomic E-state index is 11.5. The zero-order valence-electron chi connectivity index (χ0n) is 13.7. The number of hydrogen-bond acceptors (Lipinski definition) is 4. The Balaban J connectivity index is 2.22. The second-order valence-corrected chi connectivity index (χ2v) is 6.66. The molecule has 0 fully saturated rings. The first-order valence-corrected chi connectivity index (χ1v) is 8.36. The fourth-order valence-electron chi connectivity index (χ4n) is 2.88. The van der Waals surface area contributed by atoms with E-state index in [1.807, 2.05) is 30.3 Å². The molecule has 2 aromatic heterocycles. The van der Waals surface area contributed by atoms with E-state index in [-0.39, 0.29) is 0 Å². The number of carbonyl (C=O) groups is 1. The average Bonchev–Trinajstić information content (AvgIpc) is 2.98. The molecule has 128 valence electrons. The van der Waals surface area contributed by atoms with E-state index in [1.165, 1.54) is 0 Å². The first-order chi connectivity index (χ1) is 11.9. The van der Waals surface area contributed by atoms with Crippen molar-refractivity contribution in [1.82, 2.24) is 15.5 Å². The van der Waals surface area contributed by atoms with Crippen LogP contribution in [0.1, 0.15) is 23.9 Å². The number of benzene rings is 1. The largest absolute Gasteiger partial charge is 0.465 e. The number of amides is 1. The molecule has 2 N–H and O–H groups in total. The molecule has 0 spiro atoms.